The van der Waals surface area contributed by atoms with Gasteiger partial charge < -0.3 is 16.0 Å². The van der Waals surface area contributed by atoms with Crippen molar-refractivity contribution in [3.63, 3.8) is 0 Å². The molecule has 4 heteroatoms. The summed E-state index contributed by atoms with van der Waals surface area (Å²) in [6.07, 6.45) is 2.32. The Bertz CT molecular complexity index is 739. The number of rotatable bonds is 7. The molecule has 1 unspecified atom stereocenters. The number of hydrogen-bond acceptors (Lipinski definition) is 2. The van der Waals surface area contributed by atoms with Gasteiger partial charge in [0.25, 0.3) is 0 Å². The van der Waals surface area contributed by atoms with Crippen LogP contribution in [0.25, 0.3) is 0 Å². The van der Waals surface area contributed by atoms with E-state index < -0.39 is 0 Å². The van der Waals surface area contributed by atoms with Crippen molar-refractivity contribution in [2.45, 2.75) is 32.6 Å². The van der Waals surface area contributed by atoms with Gasteiger partial charge in [-0.05, 0) is 54.5 Å². The van der Waals surface area contributed by atoms with Gasteiger partial charge in [-0.1, -0.05) is 56.3 Å². The third-order valence-corrected chi connectivity index (χ3v) is 5.28. The van der Waals surface area contributed by atoms with Crippen LogP contribution >= 0.6 is 0 Å². The summed E-state index contributed by atoms with van der Waals surface area (Å²) < 4.78 is 0. The minimum atomic E-state index is 0.505. The number of nitrogens with zero attached hydrogens (tertiary/aromatic N) is 2. The van der Waals surface area contributed by atoms with E-state index in [1.807, 2.05) is 6.07 Å². The van der Waals surface area contributed by atoms with Gasteiger partial charge in [-0.2, -0.15) is 0 Å². The standard InChI is InChI=1S/C23H32N4/c1-18(2)21-9-6-10-22(15-21)26-23(24)25-16-20-12-14-27(17-20)13-11-19-7-4-3-5-8-19/h3-10,15,18,20H,11-14,16-17H2,1-2H3,(H3,24,25,26). The Kier molecular flexibility index (Phi) is 6.88. The second kappa shape index (κ2) is 9.56. The van der Waals surface area contributed by atoms with E-state index >= 15 is 0 Å². The van der Waals surface area contributed by atoms with E-state index in [1.54, 1.807) is 0 Å². The second-order valence-corrected chi connectivity index (χ2v) is 7.82. The summed E-state index contributed by atoms with van der Waals surface area (Å²) in [6.45, 7) is 8.59. The lowest BCUT2D eigenvalue weighted by Gasteiger charge is -2.15. The first-order valence-electron chi connectivity index (χ1n) is 10.0. The molecule has 3 rings (SSSR count). The van der Waals surface area contributed by atoms with Crippen LogP contribution in [0.5, 0.6) is 0 Å². The molecule has 2 aromatic carbocycles. The molecule has 3 N–H and O–H groups in total. The van der Waals surface area contributed by atoms with Gasteiger partial charge in [-0.15, -0.1) is 0 Å². The van der Waals surface area contributed by atoms with E-state index in [0.29, 0.717) is 17.8 Å². The van der Waals surface area contributed by atoms with Crippen LogP contribution in [-0.2, 0) is 6.42 Å². The number of likely N-dealkylation sites (tertiary alicyclic amines) is 1. The normalized spacial score (nSPS) is 18.2. The number of benzene rings is 2. The first-order chi connectivity index (χ1) is 13.1. The van der Waals surface area contributed by atoms with Crippen LogP contribution in [0.3, 0.4) is 0 Å². The molecule has 1 fully saturated rings. The molecule has 1 aliphatic rings. The predicted molar refractivity (Wildman–Crippen MR) is 115 cm³/mol. The quantitative estimate of drug-likeness (QED) is 0.574. The summed E-state index contributed by atoms with van der Waals surface area (Å²) >= 11 is 0. The van der Waals surface area contributed by atoms with Crippen LogP contribution in [0, 0.1) is 5.92 Å². The predicted octanol–water partition coefficient (Wildman–Crippen LogP) is 4.10. The van der Waals surface area contributed by atoms with Crippen molar-refractivity contribution in [2.75, 3.05) is 31.5 Å². The number of guanidine groups is 1. The van der Waals surface area contributed by atoms with Gasteiger partial charge in [0.2, 0.25) is 0 Å². The number of hydrogen-bond donors (Lipinski definition) is 2. The second-order valence-electron chi connectivity index (χ2n) is 7.82. The molecule has 0 bridgehead atoms. The van der Waals surface area contributed by atoms with E-state index in [2.05, 4.69) is 77.6 Å². The van der Waals surface area contributed by atoms with Gasteiger partial charge in [0, 0.05) is 25.3 Å². The molecule has 0 aromatic heterocycles. The Morgan fingerprint density at radius 3 is 2.78 bits per heavy atom. The zero-order valence-electron chi connectivity index (χ0n) is 16.6. The van der Waals surface area contributed by atoms with Crippen molar-refractivity contribution in [3.05, 3.63) is 65.7 Å². The fourth-order valence-electron chi connectivity index (χ4n) is 3.59. The molecular formula is C23H32N4. The van der Waals surface area contributed by atoms with E-state index in [-0.39, 0.29) is 0 Å². The Labute approximate surface area is 163 Å². The maximum Gasteiger partial charge on any atom is 0.193 e. The van der Waals surface area contributed by atoms with Gasteiger partial charge in [0.15, 0.2) is 5.96 Å². The summed E-state index contributed by atoms with van der Waals surface area (Å²) in [5, 5.41) is 3.23. The molecule has 1 aliphatic heterocycles. The third kappa shape index (κ3) is 6.10. The lowest BCUT2D eigenvalue weighted by Crippen LogP contribution is -2.26. The van der Waals surface area contributed by atoms with Crippen molar-refractivity contribution in [2.24, 2.45) is 16.6 Å². The van der Waals surface area contributed by atoms with Crippen LogP contribution in [0.1, 0.15) is 37.3 Å². The average Bonchev–Trinajstić information content (AvgIpc) is 3.14. The van der Waals surface area contributed by atoms with E-state index in [1.165, 1.54) is 17.5 Å². The molecule has 1 saturated heterocycles. The Balaban J connectivity index is 1.43. The van der Waals surface area contributed by atoms with Crippen molar-refractivity contribution in [1.29, 1.82) is 0 Å². The number of anilines is 1. The topological polar surface area (TPSA) is 53.6 Å². The summed E-state index contributed by atoms with van der Waals surface area (Å²) in [7, 11) is 0. The van der Waals surface area contributed by atoms with Crippen molar-refractivity contribution >= 4 is 11.6 Å². The highest BCUT2D eigenvalue weighted by Crippen LogP contribution is 2.19. The van der Waals surface area contributed by atoms with Gasteiger partial charge in [-0.25, -0.2) is 0 Å². The first kappa shape index (κ1) is 19.4. The number of nitrogens with one attached hydrogen (secondary N) is 1. The summed E-state index contributed by atoms with van der Waals surface area (Å²) in [5.41, 5.74) is 9.83. The van der Waals surface area contributed by atoms with E-state index in [0.717, 1.165) is 38.3 Å². The summed E-state index contributed by atoms with van der Waals surface area (Å²) in [5.74, 6) is 1.62. The van der Waals surface area contributed by atoms with Crippen molar-refractivity contribution in [3.8, 4) is 0 Å². The Hall–Kier alpha value is -2.33. The molecule has 0 radical (unpaired) electrons. The van der Waals surface area contributed by atoms with Gasteiger partial charge in [0.1, 0.15) is 0 Å². The largest absolute Gasteiger partial charge is 0.370 e. The molecule has 1 heterocycles. The average molecular weight is 365 g/mol. The first-order valence-corrected chi connectivity index (χ1v) is 10.0. The van der Waals surface area contributed by atoms with Crippen LogP contribution < -0.4 is 11.1 Å². The van der Waals surface area contributed by atoms with Crippen LogP contribution in [0.4, 0.5) is 5.69 Å². The maximum absolute atomic E-state index is 6.10. The molecule has 0 aliphatic carbocycles. The van der Waals surface area contributed by atoms with E-state index in [4.69, 9.17) is 5.73 Å². The molecule has 27 heavy (non-hydrogen) atoms. The molecule has 144 valence electrons. The zero-order chi connectivity index (χ0) is 19.1. The summed E-state index contributed by atoms with van der Waals surface area (Å²) in [4.78, 5) is 7.13. The number of nitrogens with two attached hydrogens (primary N) is 1. The van der Waals surface area contributed by atoms with Crippen LogP contribution in [0.2, 0.25) is 0 Å². The molecule has 1 atom stereocenters. The van der Waals surface area contributed by atoms with Gasteiger partial charge >= 0.3 is 0 Å². The van der Waals surface area contributed by atoms with Crippen molar-refractivity contribution in [1.82, 2.24) is 4.90 Å². The molecule has 2 aromatic rings. The van der Waals surface area contributed by atoms with Crippen LogP contribution in [-0.4, -0.2) is 37.0 Å². The molecular weight excluding hydrogens is 332 g/mol. The molecule has 4 nitrogen and oxygen atoms in total. The fourth-order valence-corrected chi connectivity index (χ4v) is 3.59. The molecule has 0 spiro atoms. The third-order valence-electron chi connectivity index (χ3n) is 5.28. The Morgan fingerprint density at radius 2 is 2.00 bits per heavy atom. The molecule has 0 amide bonds. The minimum absolute atomic E-state index is 0.505. The monoisotopic (exact) mass is 364 g/mol. The minimum Gasteiger partial charge on any atom is -0.370 e. The highest BCUT2D eigenvalue weighted by atomic mass is 15.2. The summed E-state index contributed by atoms with van der Waals surface area (Å²) in [6, 6.07) is 19.1. The van der Waals surface area contributed by atoms with Gasteiger partial charge in [-0.3, -0.25) is 4.99 Å². The van der Waals surface area contributed by atoms with Crippen molar-refractivity contribution < 1.29 is 0 Å². The Morgan fingerprint density at radius 1 is 1.19 bits per heavy atom. The SMILES string of the molecule is CC(C)c1cccc(NC(N)=NCC2CCN(CCc3ccccc3)C2)c1. The lowest BCUT2D eigenvalue weighted by atomic mass is 10.0. The molecule has 0 saturated carbocycles. The number of aliphatic imine (C=N–C) groups is 1. The maximum atomic E-state index is 6.10. The zero-order valence-corrected chi connectivity index (χ0v) is 16.6. The van der Waals surface area contributed by atoms with Crippen LogP contribution in [0.15, 0.2) is 59.6 Å². The smallest absolute Gasteiger partial charge is 0.193 e. The fraction of sp³-hybridized carbons (Fsp3) is 0.435. The highest BCUT2D eigenvalue weighted by molar-refractivity contribution is 5.92. The highest BCUT2D eigenvalue weighted by Gasteiger charge is 2.21. The lowest BCUT2D eigenvalue weighted by molar-refractivity contribution is 0.330. The van der Waals surface area contributed by atoms with E-state index in [9.17, 15) is 0 Å². The van der Waals surface area contributed by atoms with Gasteiger partial charge in [0.05, 0.1) is 0 Å².